The van der Waals surface area contributed by atoms with Crippen LogP contribution in [0.1, 0.15) is 12.7 Å². The van der Waals surface area contributed by atoms with Gasteiger partial charge in [0.15, 0.2) is 11.0 Å². The predicted molar refractivity (Wildman–Crippen MR) is 109 cm³/mol. The molecule has 0 bridgehead atoms. The zero-order valence-electron chi connectivity index (χ0n) is 14.7. The highest BCUT2D eigenvalue weighted by Crippen LogP contribution is 2.24. The van der Waals surface area contributed by atoms with E-state index in [1.54, 1.807) is 22.8 Å². The van der Waals surface area contributed by atoms with Gasteiger partial charge in [0.05, 0.1) is 16.7 Å². The van der Waals surface area contributed by atoms with E-state index in [0.29, 0.717) is 45.6 Å². The van der Waals surface area contributed by atoms with Crippen LogP contribution in [0.3, 0.4) is 0 Å². The Kier molecular flexibility index (Phi) is 5.27. The van der Waals surface area contributed by atoms with E-state index < -0.39 is 0 Å². The number of hydrogen-bond donors (Lipinski definition) is 0. The number of nitrogens with zero attached hydrogens (tertiary/aromatic N) is 4. The molecule has 2 heterocycles. The summed E-state index contributed by atoms with van der Waals surface area (Å²) < 4.78 is 20.8. The Morgan fingerprint density at radius 3 is 2.71 bits per heavy atom. The third kappa shape index (κ3) is 3.72. The molecule has 4 aromatic rings. The summed E-state index contributed by atoms with van der Waals surface area (Å²) in [6.45, 7) is 2.40. The van der Waals surface area contributed by atoms with E-state index in [1.165, 1.54) is 23.9 Å². The van der Waals surface area contributed by atoms with Gasteiger partial charge in [-0.1, -0.05) is 32.8 Å². The van der Waals surface area contributed by atoms with Crippen molar-refractivity contribution in [3.63, 3.8) is 0 Å². The molecule has 6 nitrogen and oxygen atoms in total. The molecule has 4 rings (SSSR count). The summed E-state index contributed by atoms with van der Waals surface area (Å²) in [5, 5.41) is 5.12. The van der Waals surface area contributed by atoms with Crippen molar-refractivity contribution >= 4 is 38.6 Å². The first kappa shape index (κ1) is 18.8. The fraction of sp³-hybridized carbons (Fsp3) is 0.158. The van der Waals surface area contributed by atoms with Crippen molar-refractivity contribution in [1.29, 1.82) is 0 Å². The maximum atomic E-state index is 13.0. The molecular weight excluding hydrogens is 447 g/mol. The monoisotopic (exact) mass is 460 g/mol. The average molecular weight is 461 g/mol. The van der Waals surface area contributed by atoms with Gasteiger partial charge >= 0.3 is 0 Å². The molecule has 0 fully saturated rings. The van der Waals surface area contributed by atoms with Crippen LogP contribution in [0.2, 0.25) is 0 Å². The van der Waals surface area contributed by atoms with Crippen LogP contribution in [0.25, 0.3) is 22.4 Å². The lowest BCUT2D eigenvalue weighted by Gasteiger charge is -2.10. The lowest BCUT2D eigenvalue weighted by molar-refractivity contribution is 0.425. The van der Waals surface area contributed by atoms with Crippen LogP contribution in [-0.2, 0) is 12.3 Å². The van der Waals surface area contributed by atoms with E-state index in [9.17, 15) is 9.18 Å². The first-order valence-corrected chi connectivity index (χ1v) is 10.2. The largest absolute Gasteiger partial charge is 0.334 e. The van der Waals surface area contributed by atoms with Crippen molar-refractivity contribution in [3.8, 4) is 11.5 Å². The molecule has 0 spiro atoms. The Morgan fingerprint density at radius 2 is 1.96 bits per heavy atom. The molecule has 0 saturated carbocycles. The van der Waals surface area contributed by atoms with Crippen molar-refractivity contribution < 1.29 is 8.91 Å². The topological polar surface area (TPSA) is 73.8 Å². The number of fused-ring (bicyclic) bond motifs is 1. The first-order chi connectivity index (χ1) is 13.5. The third-order valence-electron chi connectivity index (χ3n) is 4.09. The summed E-state index contributed by atoms with van der Waals surface area (Å²) in [7, 11) is 0. The van der Waals surface area contributed by atoms with Crippen molar-refractivity contribution in [2.45, 2.75) is 24.4 Å². The van der Waals surface area contributed by atoms with Crippen LogP contribution in [0.5, 0.6) is 0 Å². The minimum Gasteiger partial charge on any atom is -0.334 e. The standard InChI is InChI=1S/C19H14BrFN4O2S/c1-2-25-18(26)14-9-12(20)5-8-15(14)22-19(25)28-10-16-23-17(27-24-16)11-3-6-13(21)7-4-11/h3-9H,2,10H2,1H3. The first-order valence-electron chi connectivity index (χ1n) is 8.46. The summed E-state index contributed by atoms with van der Waals surface area (Å²) in [5.41, 5.74) is 1.20. The van der Waals surface area contributed by atoms with Crippen molar-refractivity contribution in [1.82, 2.24) is 19.7 Å². The summed E-state index contributed by atoms with van der Waals surface area (Å²) in [6.07, 6.45) is 0. The van der Waals surface area contributed by atoms with Crippen LogP contribution in [0, 0.1) is 5.82 Å². The molecule has 0 aliphatic carbocycles. The molecule has 0 amide bonds. The fourth-order valence-electron chi connectivity index (χ4n) is 2.71. The fourth-order valence-corrected chi connectivity index (χ4v) is 3.98. The Balaban J connectivity index is 1.60. The van der Waals surface area contributed by atoms with Gasteiger partial charge < -0.3 is 4.52 Å². The van der Waals surface area contributed by atoms with Crippen LogP contribution in [0.15, 0.2) is 61.4 Å². The van der Waals surface area contributed by atoms with Crippen LogP contribution in [0.4, 0.5) is 4.39 Å². The van der Waals surface area contributed by atoms with Crippen LogP contribution in [-0.4, -0.2) is 19.7 Å². The van der Waals surface area contributed by atoms with E-state index in [2.05, 4.69) is 31.1 Å². The molecular formula is C19H14BrFN4O2S. The second kappa shape index (κ2) is 7.84. The van der Waals surface area contributed by atoms with E-state index in [0.717, 1.165) is 4.47 Å². The number of hydrogen-bond acceptors (Lipinski definition) is 6. The van der Waals surface area contributed by atoms with Crippen LogP contribution < -0.4 is 5.56 Å². The SMILES string of the molecule is CCn1c(SCc2noc(-c3ccc(F)cc3)n2)nc2ccc(Br)cc2c1=O. The average Bonchev–Trinajstić information content (AvgIpc) is 3.16. The van der Waals surface area contributed by atoms with E-state index in [1.807, 2.05) is 19.1 Å². The number of thioether (sulfide) groups is 1. The van der Waals surface area contributed by atoms with Gasteiger partial charge in [-0.05, 0) is 49.4 Å². The molecule has 0 unspecified atom stereocenters. The van der Waals surface area contributed by atoms with Gasteiger partial charge in [-0.2, -0.15) is 4.98 Å². The second-order valence-electron chi connectivity index (χ2n) is 5.92. The van der Waals surface area contributed by atoms with E-state index in [-0.39, 0.29) is 11.4 Å². The molecule has 142 valence electrons. The number of halogens is 2. The minimum atomic E-state index is -0.328. The normalized spacial score (nSPS) is 11.2. The quantitative estimate of drug-likeness (QED) is 0.318. The van der Waals surface area contributed by atoms with Crippen molar-refractivity contribution in [2.75, 3.05) is 0 Å². The highest BCUT2D eigenvalue weighted by Gasteiger charge is 2.14. The van der Waals surface area contributed by atoms with Crippen LogP contribution >= 0.6 is 27.7 Å². The molecule has 2 aromatic carbocycles. The lowest BCUT2D eigenvalue weighted by Crippen LogP contribution is -2.22. The number of aromatic nitrogens is 4. The third-order valence-corrected chi connectivity index (χ3v) is 5.55. The second-order valence-corrected chi connectivity index (χ2v) is 7.77. The van der Waals surface area contributed by atoms with E-state index in [4.69, 9.17) is 4.52 Å². The molecule has 0 N–H and O–H groups in total. The van der Waals surface area contributed by atoms with Crippen molar-refractivity contribution in [3.05, 3.63) is 68.9 Å². The predicted octanol–water partition coefficient (Wildman–Crippen LogP) is 4.66. The highest BCUT2D eigenvalue weighted by atomic mass is 79.9. The molecule has 0 aliphatic heterocycles. The minimum absolute atomic E-state index is 0.0867. The van der Waals surface area contributed by atoms with Gasteiger partial charge in [-0.25, -0.2) is 9.37 Å². The summed E-state index contributed by atoms with van der Waals surface area (Å²) in [6, 6.07) is 11.3. The molecule has 28 heavy (non-hydrogen) atoms. The number of rotatable bonds is 5. The number of benzene rings is 2. The summed E-state index contributed by atoms with van der Waals surface area (Å²) in [5.74, 6) is 0.849. The van der Waals surface area contributed by atoms with Gasteiger partial charge in [0.25, 0.3) is 11.4 Å². The van der Waals surface area contributed by atoms with Gasteiger partial charge in [0, 0.05) is 16.6 Å². The molecule has 0 atom stereocenters. The smallest absolute Gasteiger partial charge is 0.262 e. The Morgan fingerprint density at radius 1 is 1.18 bits per heavy atom. The van der Waals surface area contributed by atoms with Gasteiger partial charge in [0.2, 0.25) is 0 Å². The Hall–Kier alpha value is -2.52. The van der Waals surface area contributed by atoms with Gasteiger partial charge in [-0.15, -0.1) is 0 Å². The molecule has 9 heteroatoms. The van der Waals surface area contributed by atoms with Gasteiger partial charge in [0.1, 0.15) is 5.82 Å². The zero-order valence-corrected chi connectivity index (χ0v) is 17.1. The van der Waals surface area contributed by atoms with E-state index >= 15 is 0 Å². The Labute approximate surface area is 171 Å². The molecule has 0 saturated heterocycles. The zero-order chi connectivity index (χ0) is 19.7. The lowest BCUT2D eigenvalue weighted by atomic mass is 10.2. The maximum absolute atomic E-state index is 13.0. The molecule has 0 aliphatic rings. The summed E-state index contributed by atoms with van der Waals surface area (Å²) >= 11 is 4.75. The highest BCUT2D eigenvalue weighted by molar-refractivity contribution is 9.10. The maximum Gasteiger partial charge on any atom is 0.262 e. The van der Waals surface area contributed by atoms with Crippen molar-refractivity contribution in [2.24, 2.45) is 0 Å². The Bertz CT molecular complexity index is 1210. The van der Waals surface area contributed by atoms with Gasteiger partial charge in [-0.3, -0.25) is 9.36 Å². The molecule has 2 aromatic heterocycles. The molecule has 0 radical (unpaired) electrons. The summed E-state index contributed by atoms with van der Waals surface area (Å²) in [4.78, 5) is 21.7.